The van der Waals surface area contributed by atoms with Gasteiger partial charge in [-0.15, -0.1) is 11.3 Å². The van der Waals surface area contributed by atoms with Crippen molar-refractivity contribution in [1.82, 2.24) is 9.55 Å². The van der Waals surface area contributed by atoms with Gasteiger partial charge < -0.3 is 10.3 Å². The fraction of sp³-hybridized carbons (Fsp3) is 0.389. The molecule has 3 nitrogen and oxygen atoms in total. The van der Waals surface area contributed by atoms with Crippen molar-refractivity contribution in [3.63, 3.8) is 0 Å². The predicted octanol–water partition coefficient (Wildman–Crippen LogP) is 3.85. The number of thiazole rings is 1. The summed E-state index contributed by atoms with van der Waals surface area (Å²) in [5, 5.41) is 2.51. The Labute approximate surface area is 135 Å². The highest BCUT2D eigenvalue weighted by atomic mass is 32.1. The number of hydrogen-bond donors (Lipinski definition) is 1. The van der Waals surface area contributed by atoms with E-state index in [1.807, 2.05) is 0 Å². The number of aryl methyl sites for hydroxylation is 3. The second kappa shape index (κ2) is 5.86. The van der Waals surface area contributed by atoms with Gasteiger partial charge in [-0.2, -0.15) is 0 Å². The first-order valence-electron chi connectivity index (χ1n) is 7.69. The number of hydrogen-bond acceptors (Lipinski definition) is 3. The van der Waals surface area contributed by atoms with Crippen LogP contribution in [0.25, 0.3) is 10.9 Å². The average molecular weight is 313 g/mol. The number of fused-ring (bicyclic) bond motifs is 1. The summed E-state index contributed by atoms with van der Waals surface area (Å²) in [7, 11) is 2.14. The quantitative estimate of drug-likeness (QED) is 0.795. The monoisotopic (exact) mass is 313 g/mol. The molecule has 2 aromatic heterocycles. The maximum atomic E-state index is 6.07. The molecule has 2 N–H and O–H groups in total. The fourth-order valence-corrected chi connectivity index (χ4v) is 4.08. The SMILES string of the molecule is Cc1nc(C(CN)Cc2c(C)n(C)c3ccccc23)sc1C. The zero-order chi connectivity index (χ0) is 15.9. The highest BCUT2D eigenvalue weighted by molar-refractivity contribution is 7.11. The lowest BCUT2D eigenvalue weighted by Gasteiger charge is -2.12. The molecule has 0 radical (unpaired) electrons. The summed E-state index contributed by atoms with van der Waals surface area (Å²) in [5.41, 5.74) is 11.2. The van der Waals surface area contributed by atoms with Gasteiger partial charge in [0.25, 0.3) is 0 Å². The first-order chi connectivity index (χ1) is 10.5. The van der Waals surface area contributed by atoms with E-state index in [9.17, 15) is 0 Å². The van der Waals surface area contributed by atoms with Crippen LogP contribution in [-0.2, 0) is 13.5 Å². The van der Waals surface area contributed by atoms with E-state index in [0.717, 1.165) is 12.1 Å². The van der Waals surface area contributed by atoms with Crippen molar-refractivity contribution in [1.29, 1.82) is 0 Å². The lowest BCUT2D eigenvalue weighted by Crippen LogP contribution is -2.15. The minimum absolute atomic E-state index is 0.293. The van der Waals surface area contributed by atoms with Gasteiger partial charge in [0.15, 0.2) is 0 Å². The van der Waals surface area contributed by atoms with Gasteiger partial charge in [0.1, 0.15) is 0 Å². The Hall–Kier alpha value is -1.65. The summed E-state index contributed by atoms with van der Waals surface area (Å²) in [4.78, 5) is 6.02. The lowest BCUT2D eigenvalue weighted by atomic mass is 9.97. The van der Waals surface area contributed by atoms with E-state index in [0.29, 0.717) is 12.5 Å². The van der Waals surface area contributed by atoms with Gasteiger partial charge >= 0.3 is 0 Å². The minimum atomic E-state index is 0.293. The highest BCUT2D eigenvalue weighted by Gasteiger charge is 2.20. The molecule has 1 atom stereocenters. The zero-order valence-corrected chi connectivity index (χ0v) is 14.5. The van der Waals surface area contributed by atoms with Gasteiger partial charge in [-0.05, 0) is 38.8 Å². The van der Waals surface area contributed by atoms with Crippen molar-refractivity contribution in [2.75, 3.05) is 6.54 Å². The third-order valence-electron chi connectivity index (χ3n) is 4.66. The van der Waals surface area contributed by atoms with Crippen LogP contribution in [0.3, 0.4) is 0 Å². The first kappa shape index (κ1) is 15.3. The molecule has 3 rings (SSSR count). The van der Waals surface area contributed by atoms with Crippen LogP contribution in [0.5, 0.6) is 0 Å². The average Bonchev–Trinajstić information content (AvgIpc) is 2.97. The molecule has 0 fully saturated rings. The molecule has 0 bridgehead atoms. The van der Waals surface area contributed by atoms with Crippen LogP contribution in [0.1, 0.15) is 32.8 Å². The number of nitrogens with two attached hydrogens (primary N) is 1. The summed E-state index contributed by atoms with van der Waals surface area (Å²) in [5.74, 6) is 0.293. The normalized spacial score (nSPS) is 13.0. The lowest BCUT2D eigenvalue weighted by molar-refractivity contribution is 0.684. The van der Waals surface area contributed by atoms with Crippen molar-refractivity contribution in [3.05, 3.63) is 51.1 Å². The molecular formula is C18H23N3S. The Kier molecular flexibility index (Phi) is 4.06. The minimum Gasteiger partial charge on any atom is -0.348 e. The topological polar surface area (TPSA) is 43.8 Å². The van der Waals surface area contributed by atoms with Crippen molar-refractivity contribution >= 4 is 22.2 Å². The number of aromatic nitrogens is 2. The van der Waals surface area contributed by atoms with Crippen molar-refractivity contribution in [2.45, 2.75) is 33.1 Å². The molecule has 2 heterocycles. The summed E-state index contributed by atoms with van der Waals surface area (Å²) in [6.45, 7) is 7.04. The van der Waals surface area contributed by atoms with Gasteiger partial charge in [-0.25, -0.2) is 4.98 Å². The summed E-state index contributed by atoms with van der Waals surface area (Å²) >= 11 is 1.79. The summed E-state index contributed by atoms with van der Waals surface area (Å²) in [6, 6.07) is 8.60. The Bertz CT molecular complexity index is 794. The van der Waals surface area contributed by atoms with Crippen LogP contribution in [-0.4, -0.2) is 16.1 Å². The predicted molar refractivity (Wildman–Crippen MR) is 94.7 cm³/mol. The van der Waals surface area contributed by atoms with Crippen LogP contribution in [0.2, 0.25) is 0 Å². The molecule has 1 unspecified atom stereocenters. The smallest absolute Gasteiger partial charge is 0.0977 e. The van der Waals surface area contributed by atoms with E-state index in [4.69, 9.17) is 10.7 Å². The molecular weight excluding hydrogens is 290 g/mol. The van der Waals surface area contributed by atoms with E-state index in [1.165, 1.54) is 32.0 Å². The molecule has 4 heteroatoms. The van der Waals surface area contributed by atoms with E-state index in [-0.39, 0.29) is 0 Å². The van der Waals surface area contributed by atoms with E-state index < -0.39 is 0 Å². The number of rotatable bonds is 4. The van der Waals surface area contributed by atoms with Crippen LogP contribution in [0.4, 0.5) is 0 Å². The van der Waals surface area contributed by atoms with Crippen molar-refractivity contribution in [3.8, 4) is 0 Å². The third-order valence-corrected chi connectivity index (χ3v) is 5.90. The molecule has 3 aromatic rings. The van der Waals surface area contributed by atoms with Gasteiger partial charge in [0, 0.05) is 41.0 Å². The molecule has 1 aromatic carbocycles. The number of nitrogens with zero attached hydrogens (tertiary/aromatic N) is 2. The Morgan fingerprint density at radius 3 is 2.59 bits per heavy atom. The van der Waals surface area contributed by atoms with Crippen LogP contribution < -0.4 is 5.73 Å². The standard InChI is InChI=1S/C18H23N3S/c1-11-13(3)22-18(20-11)14(10-19)9-16-12(2)21(4)17-8-6-5-7-15(16)17/h5-8,14H,9-10,19H2,1-4H3. The Morgan fingerprint density at radius 2 is 1.95 bits per heavy atom. The van der Waals surface area contributed by atoms with Crippen LogP contribution in [0.15, 0.2) is 24.3 Å². The Morgan fingerprint density at radius 1 is 1.23 bits per heavy atom. The van der Waals surface area contributed by atoms with Gasteiger partial charge in [-0.1, -0.05) is 18.2 Å². The molecule has 0 amide bonds. The maximum Gasteiger partial charge on any atom is 0.0977 e. The summed E-state index contributed by atoms with van der Waals surface area (Å²) < 4.78 is 2.27. The van der Waals surface area contributed by atoms with Crippen LogP contribution in [0, 0.1) is 20.8 Å². The molecule has 116 valence electrons. The molecule has 0 aliphatic carbocycles. The molecule has 0 saturated carbocycles. The maximum absolute atomic E-state index is 6.07. The first-order valence-corrected chi connectivity index (χ1v) is 8.51. The second-order valence-corrected chi connectivity index (χ2v) is 7.21. The van der Waals surface area contributed by atoms with Crippen molar-refractivity contribution < 1.29 is 0 Å². The van der Waals surface area contributed by atoms with Crippen LogP contribution >= 0.6 is 11.3 Å². The molecule has 0 saturated heterocycles. The number of benzene rings is 1. The molecule has 0 spiro atoms. The largest absolute Gasteiger partial charge is 0.348 e. The zero-order valence-electron chi connectivity index (χ0n) is 13.7. The van der Waals surface area contributed by atoms with E-state index >= 15 is 0 Å². The number of para-hydroxylation sites is 1. The van der Waals surface area contributed by atoms with Gasteiger partial charge in [0.2, 0.25) is 0 Å². The Balaban J connectivity index is 2.02. The van der Waals surface area contributed by atoms with E-state index in [2.05, 4.69) is 56.7 Å². The summed E-state index contributed by atoms with van der Waals surface area (Å²) in [6.07, 6.45) is 0.954. The molecule has 0 aliphatic rings. The third kappa shape index (κ3) is 2.46. The van der Waals surface area contributed by atoms with Gasteiger partial charge in [0.05, 0.1) is 10.7 Å². The molecule has 0 aliphatic heterocycles. The second-order valence-electron chi connectivity index (χ2n) is 5.97. The molecule has 22 heavy (non-hydrogen) atoms. The fourth-order valence-electron chi connectivity index (χ4n) is 3.05. The highest BCUT2D eigenvalue weighted by Crippen LogP contribution is 2.32. The van der Waals surface area contributed by atoms with E-state index in [1.54, 1.807) is 11.3 Å². The van der Waals surface area contributed by atoms with Crippen molar-refractivity contribution in [2.24, 2.45) is 12.8 Å². The van der Waals surface area contributed by atoms with Gasteiger partial charge in [-0.3, -0.25) is 0 Å².